The van der Waals surface area contributed by atoms with Crippen molar-refractivity contribution >= 4 is 0 Å². The van der Waals surface area contributed by atoms with E-state index in [1.54, 1.807) is 0 Å². The normalized spacial score (nSPS) is 31.7. The third-order valence-corrected chi connectivity index (χ3v) is 4.87. The summed E-state index contributed by atoms with van der Waals surface area (Å²) in [6, 6.07) is 1.60. The highest BCUT2D eigenvalue weighted by Gasteiger charge is 2.32. The second kappa shape index (κ2) is 6.53. The highest BCUT2D eigenvalue weighted by molar-refractivity contribution is 4.88. The minimum atomic E-state index is 0.471. The molecule has 4 heteroatoms. The summed E-state index contributed by atoms with van der Waals surface area (Å²) in [5, 5.41) is 3.59. The van der Waals surface area contributed by atoms with E-state index in [1.807, 2.05) is 0 Å². The lowest BCUT2D eigenvalue weighted by Gasteiger charge is -2.38. The second-order valence-corrected chi connectivity index (χ2v) is 6.45. The van der Waals surface area contributed by atoms with Crippen LogP contribution in [0.1, 0.15) is 32.6 Å². The van der Waals surface area contributed by atoms with E-state index in [4.69, 9.17) is 4.74 Å². The van der Waals surface area contributed by atoms with Crippen LogP contribution >= 0.6 is 0 Å². The minimum Gasteiger partial charge on any atom is -0.377 e. The predicted octanol–water partition coefficient (Wildman–Crippen LogP) is 0.924. The number of piperazine rings is 1. The molecule has 0 amide bonds. The monoisotopic (exact) mass is 267 g/mol. The van der Waals surface area contributed by atoms with Gasteiger partial charge in [0.1, 0.15) is 0 Å². The van der Waals surface area contributed by atoms with Crippen LogP contribution in [0.5, 0.6) is 0 Å². The number of nitrogens with zero attached hydrogens (tertiary/aromatic N) is 2. The molecular weight excluding hydrogens is 238 g/mol. The highest BCUT2D eigenvalue weighted by Crippen LogP contribution is 2.27. The quantitative estimate of drug-likeness (QED) is 0.775. The first kappa shape index (κ1) is 13.8. The number of hydrogen-bond donors (Lipinski definition) is 1. The lowest BCUT2D eigenvalue weighted by molar-refractivity contribution is 0.0886. The van der Waals surface area contributed by atoms with Crippen LogP contribution in [-0.2, 0) is 4.74 Å². The molecule has 19 heavy (non-hydrogen) atoms. The van der Waals surface area contributed by atoms with E-state index in [9.17, 15) is 0 Å². The standard InChI is InChI=1S/C15H29N3O/c1-13(11-16-12-15-3-2-10-19-15)17-6-8-18(9-7-17)14-4-5-14/h13-16H,2-12H2,1H3. The van der Waals surface area contributed by atoms with Crippen LogP contribution in [0, 0.1) is 0 Å². The molecule has 2 aliphatic heterocycles. The lowest BCUT2D eigenvalue weighted by atomic mass is 10.2. The summed E-state index contributed by atoms with van der Waals surface area (Å²) in [6.45, 7) is 10.5. The van der Waals surface area contributed by atoms with Gasteiger partial charge in [0.2, 0.25) is 0 Å². The number of rotatable bonds is 6. The zero-order valence-corrected chi connectivity index (χ0v) is 12.3. The Kier molecular flexibility index (Phi) is 4.74. The first-order valence-electron chi connectivity index (χ1n) is 8.13. The molecule has 0 bridgehead atoms. The molecule has 3 fully saturated rings. The Morgan fingerprint density at radius 1 is 1.16 bits per heavy atom. The van der Waals surface area contributed by atoms with Crippen LogP contribution in [0.2, 0.25) is 0 Å². The van der Waals surface area contributed by atoms with Crippen molar-refractivity contribution in [2.45, 2.75) is 50.8 Å². The number of hydrogen-bond acceptors (Lipinski definition) is 4. The fourth-order valence-corrected chi connectivity index (χ4v) is 3.37. The maximum atomic E-state index is 5.64. The van der Waals surface area contributed by atoms with Gasteiger partial charge in [-0.05, 0) is 32.6 Å². The van der Waals surface area contributed by atoms with Crippen molar-refractivity contribution in [2.75, 3.05) is 45.9 Å². The van der Waals surface area contributed by atoms with Crippen molar-refractivity contribution < 1.29 is 4.74 Å². The predicted molar refractivity (Wildman–Crippen MR) is 77.5 cm³/mol. The first-order chi connectivity index (χ1) is 9.33. The Labute approximate surface area is 117 Å². The molecule has 110 valence electrons. The van der Waals surface area contributed by atoms with E-state index in [1.165, 1.54) is 51.9 Å². The molecule has 2 heterocycles. The summed E-state index contributed by atoms with van der Waals surface area (Å²) in [6.07, 6.45) is 5.84. The molecule has 1 aliphatic carbocycles. The van der Waals surface area contributed by atoms with E-state index < -0.39 is 0 Å². The van der Waals surface area contributed by atoms with Gasteiger partial charge in [0.25, 0.3) is 0 Å². The molecule has 2 atom stereocenters. The molecule has 2 unspecified atom stereocenters. The van der Waals surface area contributed by atoms with Crippen molar-refractivity contribution in [1.29, 1.82) is 0 Å². The maximum Gasteiger partial charge on any atom is 0.0700 e. The van der Waals surface area contributed by atoms with Crippen molar-refractivity contribution in [3.8, 4) is 0 Å². The maximum absolute atomic E-state index is 5.64. The zero-order chi connectivity index (χ0) is 13.1. The van der Waals surface area contributed by atoms with Crippen LogP contribution in [0.4, 0.5) is 0 Å². The molecule has 2 saturated heterocycles. The summed E-state index contributed by atoms with van der Waals surface area (Å²) in [5.41, 5.74) is 0. The summed E-state index contributed by atoms with van der Waals surface area (Å²) in [5.74, 6) is 0. The van der Waals surface area contributed by atoms with Crippen LogP contribution in [0.15, 0.2) is 0 Å². The van der Waals surface area contributed by atoms with Crippen molar-refractivity contribution in [3.63, 3.8) is 0 Å². The van der Waals surface area contributed by atoms with Gasteiger partial charge in [-0.2, -0.15) is 0 Å². The minimum absolute atomic E-state index is 0.471. The third kappa shape index (κ3) is 3.91. The van der Waals surface area contributed by atoms with Gasteiger partial charge in [0, 0.05) is 58.0 Å². The number of ether oxygens (including phenoxy) is 1. The Balaban J connectivity index is 1.30. The largest absolute Gasteiger partial charge is 0.377 e. The van der Waals surface area contributed by atoms with Gasteiger partial charge in [-0.15, -0.1) is 0 Å². The summed E-state index contributed by atoms with van der Waals surface area (Å²) >= 11 is 0. The molecule has 3 aliphatic rings. The van der Waals surface area contributed by atoms with Gasteiger partial charge in [0.15, 0.2) is 0 Å². The number of nitrogens with one attached hydrogen (secondary N) is 1. The molecular formula is C15H29N3O. The van der Waals surface area contributed by atoms with Crippen LogP contribution < -0.4 is 5.32 Å². The smallest absolute Gasteiger partial charge is 0.0700 e. The zero-order valence-electron chi connectivity index (χ0n) is 12.3. The van der Waals surface area contributed by atoms with Crippen LogP contribution in [0.3, 0.4) is 0 Å². The van der Waals surface area contributed by atoms with E-state index >= 15 is 0 Å². The fourth-order valence-electron chi connectivity index (χ4n) is 3.37. The van der Waals surface area contributed by atoms with E-state index in [0.717, 1.165) is 25.7 Å². The van der Waals surface area contributed by atoms with Crippen molar-refractivity contribution in [2.24, 2.45) is 0 Å². The van der Waals surface area contributed by atoms with Gasteiger partial charge in [0.05, 0.1) is 6.10 Å². The van der Waals surface area contributed by atoms with Crippen molar-refractivity contribution in [1.82, 2.24) is 15.1 Å². The van der Waals surface area contributed by atoms with E-state index in [0.29, 0.717) is 12.1 Å². The molecule has 3 rings (SSSR count). The Morgan fingerprint density at radius 3 is 2.58 bits per heavy atom. The molecule has 4 nitrogen and oxygen atoms in total. The molecule has 0 aromatic rings. The molecule has 1 N–H and O–H groups in total. The molecule has 0 aromatic carbocycles. The molecule has 1 saturated carbocycles. The summed E-state index contributed by atoms with van der Waals surface area (Å²) in [7, 11) is 0. The highest BCUT2D eigenvalue weighted by atomic mass is 16.5. The third-order valence-electron chi connectivity index (χ3n) is 4.87. The van der Waals surface area contributed by atoms with Gasteiger partial charge < -0.3 is 10.1 Å². The molecule has 0 spiro atoms. The van der Waals surface area contributed by atoms with Gasteiger partial charge in [-0.3, -0.25) is 9.80 Å². The fraction of sp³-hybridized carbons (Fsp3) is 1.00. The molecule has 0 radical (unpaired) electrons. The Hall–Kier alpha value is -0.160. The first-order valence-corrected chi connectivity index (χ1v) is 8.13. The average molecular weight is 267 g/mol. The summed E-state index contributed by atoms with van der Waals surface area (Å²) in [4.78, 5) is 5.32. The average Bonchev–Trinajstić information content (AvgIpc) is 3.17. The van der Waals surface area contributed by atoms with Crippen LogP contribution in [0.25, 0.3) is 0 Å². The van der Waals surface area contributed by atoms with E-state index in [2.05, 4.69) is 22.0 Å². The Morgan fingerprint density at radius 2 is 1.95 bits per heavy atom. The van der Waals surface area contributed by atoms with E-state index in [-0.39, 0.29) is 0 Å². The lowest BCUT2D eigenvalue weighted by Crippen LogP contribution is -2.52. The Bertz CT molecular complexity index is 269. The van der Waals surface area contributed by atoms with Gasteiger partial charge in [-0.25, -0.2) is 0 Å². The van der Waals surface area contributed by atoms with Gasteiger partial charge >= 0.3 is 0 Å². The van der Waals surface area contributed by atoms with Crippen molar-refractivity contribution in [3.05, 3.63) is 0 Å². The topological polar surface area (TPSA) is 27.7 Å². The summed E-state index contributed by atoms with van der Waals surface area (Å²) < 4.78 is 5.64. The van der Waals surface area contributed by atoms with Gasteiger partial charge in [-0.1, -0.05) is 0 Å². The second-order valence-electron chi connectivity index (χ2n) is 6.45. The van der Waals surface area contributed by atoms with Crippen LogP contribution in [-0.4, -0.2) is 73.9 Å². The molecule has 0 aromatic heterocycles. The SMILES string of the molecule is CC(CNCC1CCCO1)N1CCN(C2CC2)CC1.